The van der Waals surface area contributed by atoms with Crippen molar-refractivity contribution >= 4 is 11.5 Å². The topological polar surface area (TPSA) is 55.8 Å². The minimum Gasteiger partial charge on any atom is -0.496 e. The molecule has 0 amide bonds. The number of rotatable bonds is 2. The highest BCUT2D eigenvalue weighted by Gasteiger charge is 2.40. The van der Waals surface area contributed by atoms with Gasteiger partial charge in [0.05, 0.1) is 12.7 Å². The zero-order valence-electron chi connectivity index (χ0n) is 10.6. The lowest BCUT2D eigenvalue weighted by molar-refractivity contribution is -0.169. The number of cyclic esters (lactones) is 1. The Morgan fingerprint density at radius 2 is 2.00 bits per heavy atom. The minimum atomic E-state index is -4.54. The summed E-state index contributed by atoms with van der Waals surface area (Å²) in [6, 6.07) is 2.79. The van der Waals surface area contributed by atoms with E-state index in [0.29, 0.717) is 0 Å². The van der Waals surface area contributed by atoms with Gasteiger partial charge in [-0.25, -0.2) is 4.79 Å². The fourth-order valence-electron chi connectivity index (χ4n) is 1.95. The van der Waals surface area contributed by atoms with Crippen LogP contribution in [0.2, 0.25) is 0 Å². The smallest absolute Gasteiger partial charge is 0.416 e. The zero-order valence-corrected chi connectivity index (χ0v) is 10.6. The van der Waals surface area contributed by atoms with Gasteiger partial charge < -0.3 is 14.6 Å². The molecule has 0 saturated carbocycles. The zero-order chi connectivity index (χ0) is 15.1. The van der Waals surface area contributed by atoms with Crippen LogP contribution >= 0.6 is 0 Å². The molecule has 1 heterocycles. The molecule has 1 N–H and O–H groups in total. The van der Waals surface area contributed by atoms with E-state index in [4.69, 9.17) is 4.74 Å². The molecule has 4 nitrogen and oxygen atoms in total. The lowest BCUT2D eigenvalue weighted by Gasteiger charge is -2.22. The summed E-state index contributed by atoms with van der Waals surface area (Å²) in [5, 5.41) is 9.94. The highest BCUT2D eigenvalue weighted by Crippen LogP contribution is 2.41. The maximum absolute atomic E-state index is 12.7. The van der Waals surface area contributed by atoms with Crippen LogP contribution < -0.4 is 4.74 Å². The molecule has 2 rings (SSSR count). The molecule has 0 spiro atoms. The molecule has 20 heavy (non-hydrogen) atoms. The largest absolute Gasteiger partial charge is 0.496 e. The number of esters is 1. The maximum atomic E-state index is 12.7. The average molecular weight is 288 g/mol. The van der Waals surface area contributed by atoms with Crippen molar-refractivity contribution in [1.29, 1.82) is 0 Å². The van der Waals surface area contributed by atoms with E-state index < -0.39 is 23.5 Å². The Hall–Kier alpha value is -2.02. The van der Waals surface area contributed by atoms with E-state index in [1.54, 1.807) is 0 Å². The summed E-state index contributed by atoms with van der Waals surface area (Å²) < 4.78 is 47.8. The fraction of sp³-hybridized carbons (Fsp3) is 0.308. The number of halogens is 3. The van der Waals surface area contributed by atoms with Gasteiger partial charge in [-0.1, -0.05) is 0 Å². The first kappa shape index (κ1) is 14.4. The van der Waals surface area contributed by atoms with E-state index in [9.17, 15) is 23.1 Å². The summed E-state index contributed by atoms with van der Waals surface area (Å²) in [5.41, 5.74) is -1.03. The van der Waals surface area contributed by atoms with Gasteiger partial charge in [0.25, 0.3) is 0 Å². The quantitative estimate of drug-likeness (QED) is 0.849. The molecule has 1 aromatic carbocycles. The van der Waals surface area contributed by atoms with Crippen molar-refractivity contribution in [1.82, 2.24) is 0 Å². The molecule has 7 heteroatoms. The second kappa shape index (κ2) is 4.52. The molecule has 0 radical (unpaired) electrons. The van der Waals surface area contributed by atoms with Crippen molar-refractivity contribution in [3.63, 3.8) is 0 Å². The predicted octanol–water partition coefficient (Wildman–Crippen LogP) is 2.36. The van der Waals surface area contributed by atoms with Crippen LogP contribution in [0.25, 0.3) is 5.57 Å². The van der Waals surface area contributed by atoms with Crippen LogP contribution in [-0.4, -0.2) is 24.0 Å². The van der Waals surface area contributed by atoms with Crippen LogP contribution in [0.4, 0.5) is 13.2 Å². The summed E-state index contributed by atoms with van der Waals surface area (Å²) >= 11 is 0. The van der Waals surface area contributed by atoms with Gasteiger partial charge in [-0.15, -0.1) is 0 Å². The van der Waals surface area contributed by atoms with Crippen molar-refractivity contribution < 1.29 is 32.5 Å². The number of carbonyl (C=O) groups excluding carboxylic acids is 1. The SMILES string of the molecule is COc1ccc(C(F)(F)F)cc1C1=CC(=O)O[C@]1(C)O. The summed E-state index contributed by atoms with van der Waals surface area (Å²) in [4.78, 5) is 11.2. The van der Waals surface area contributed by atoms with Crippen molar-refractivity contribution in [2.24, 2.45) is 0 Å². The molecular weight excluding hydrogens is 277 g/mol. The summed E-state index contributed by atoms with van der Waals surface area (Å²) in [7, 11) is 1.28. The van der Waals surface area contributed by atoms with Crippen LogP contribution in [0.15, 0.2) is 24.3 Å². The number of alkyl halides is 3. The predicted molar refractivity (Wildman–Crippen MR) is 62.7 cm³/mol. The first-order chi connectivity index (χ1) is 9.15. The third kappa shape index (κ3) is 2.49. The van der Waals surface area contributed by atoms with Crippen LogP contribution in [-0.2, 0) is 15.7 Å². The number of aliphatic hydroxyl groups is 1. The van der Waals surface area contributed by atoms with Crippen LogP contribution in [0.1, 0.15) is 18.1 Å². The Bertz CT molecular complexity index is 588. The van der Waals surface area contributed by atoms with Crippen molar-refractivity contribution in [3.05, 3.63) is 35.4 Å². The van der Waals surface area contributed by atoms with E-state index in [2.05, 4.69) is 4.74 Å². The first-order valence-corrected chi connectivity index (χ1v) is 5.58. The minimum absolute atomic E-state index is 0.0434. The summed E-state index contributed by atoms with van der Waals surface area (Å²) in [6.45, 7) is 1.17. The molecular formula is C13H11F3O4. The van der Waals surface area contributed by atoms with Crippen LogP contribution in [0, 0.1) is 0 Å². The summed E-state index contributed by atoms with van der Waals surface area (Å²) in [5.74, 6) is -2.72. The van der Waals surface area contributed by atoms with Gasteiger partial charge in [0.15, 0.2) is 0 Å². The molecule has 1 atom stereocenters. The molecule has 0 unspecified atom stereocenters. The lowest BCUT2D eigenvalue weighted by atomic mass is 9.96. The van der Waals surface area contributed by atoms with Gasteiger partial charge in [-0.3, -0.25) is 0 Å². The number of hydrogen-bond acceptors (Lipinski definition) is 4. The second-order valence-corrected chi connectivity index (χ2v) is 4.37. The Balaban J connectivity index is 2.61. The highest BCUT2D eigenvalue weighted by molar-refractivity contribution is 5.98. The molecule has 0 aliphatic carbocycles. The van der Waals surface area contributed by atoms with Crippen LogP contribution in [0.3, 0.4) is 0 Å². The molecule has 0 saturated heterocycles. The number of ether oxygens (including phenoxy) is 2. The normalized spacial score (nSPS) is 22.5. The Labute approximate surface area is 112 Å². The molecule has 108 valence electrons. The van der Waals surface area contributed by atoms with E-state index in [1.165, 1.54) is 14.0 Å². The van der Waals surface area contributed by atoms with Crippen molar-refractivity contribution in [2.75, 3.05) is 7.11 Å². The molecule has 1 aromatic rings. The molecule has 0 fully saturated rings. The Morgan fingerprint density at radius 3 is 2.45 bits per heavy atom. The van der Waals surface area contributed by atoms with Crippen LogP contribution in [0.5, 0.6) is 5.75 Å². The molecule has 1 aliphatic rings. The van der Waals surface area contributed by atoms with E-state index >= 15 is 0 Å². The van der Waals surface area contributed by atoms with E-state index in [0.717, 1.165) is 24.3 Å². The average Bonchev–Trinajstić information content (AvgIpc) is 2.60. The van der Waals surface area contributed by atoms with Crippen molar-refractivity contribution in [2.45, 2.75) is 18.9 Å². The van der Waals surface area contributed by atoms with Gasteiger partial charge >= 0.3 is 12.1 Å². The first-order valence-electron chi connectivity index (χ1n) is 5.58. The van der Waals surface area contributed by atoms with Gasteiger partial charge in [0.1, 0.15) is 5.75 Å². The Morgan fingerprint density at radius 1 is 1.35 bits per heavy atom. The summed E-state index contributed by atoms with van der Waals surface area (Å²) in [6.07, 6.45) is -3.60. The van der Waals surface area contributed by atoms with Gasteiger partial charge in [-0.2, -0.15) is 13.2 Å². The van der Waals surface area contributed by atoms with E-state index in [-0.39, 0.29) is 16.9 Å². The van der Waals surface area contributed by atoms with Gasteiger partial charge in [-0.05, 0) is 18.2 Å². The number of hydrogen-bond donors (Lipinski definition) is 1. The molecule has 0 bridgehead atoms. The monoisotopic (exact) mass is 288 g/mol. The number of methoxy groups -OCH3 is 1. The van der Waals surface area contributed by atoms with Gasteiger partial charge in [0, 0.05) is 24.1 Å². The molecule has 1 aliphatic heterocycles. The van der Waals surface area contributed by atoms with Crippen molar-refractivity contribution in [3.8, 4) is 5.75 Å². The second-order valence-electron chi connectivity index (χ2n) is 4.37. The fourth-order valence-corrected chi connectivity index (χ4v) is 1.95. The number of benzene rings is 1. The van der Waals surface area contributed by atoms with E-state index in [1.807, 2.05) is 0 Å². The van der Waals surface area contributed by atoms with Gasteiger partial charge in [0.2, 0.25) is 5.79 Å². The highest BCUT2D eigenvalue weighted by atomic mass is 19.4. The number of carbonyl (C=O) groups is 1. The lowest BCUT2D eigenvalue weighted by Crippen LogP contribution is -2.26. The maximum Gasteiger partial charge on any atom is 0.416 e. The molecule has 0 aromatic heterocycles. The standard InChI is InChI=1S/C13H11F3O4/c1-12(18)9(6-11(17)20-12)8-5-7(13(14,15)16)3-4-10(8)19-2/h3-6,18H,1-2H3/t12-/m0/s1. The Kier molecular flexibility index (Phi) is 3.25. The third-order valence-corrected chi connectivity index (χ3v) is 2.88. The third-order valence-electron chi connectivity index (χ3n) is 2.88.